The highest BCUT2D eigenvalue weighted by atomic mass is 32.1. The Balaban J connectivity index is 1.64. The van der Waals surface area contributed by atoms with Gasteiger partial charge in [-0.2, -0.15) is 4.80 Å². The van der Waals surface area contributed by atoms with E-state index < -0.39 is 0 Å². The van der Waals surface area contributed by atoms with Crippen LogP contribution < -0.4 is 0 Å². The van der Waals surface area contributed by atoms with Gasteiger partial charge in [0.25, 0.3) is 0 Å². The van der Waals surface area contributed by atoms with Crippen LogP contribution in [0.1, 0.15) is 22.9 Å². The molecule has 2 aromatic heterocycles. The van der Waals surface area contributed by atoms with Crippen molar-refractivity contribution in [1.29, 1.82) is 0 Å². The van der Waals surface area contributed by atoms with Crippen molar-refractivity contribution in [1.82, 2.24) is 25.1 Å². The number of carbonyl (C=O) groups excluding carboxylic acids is 1. The molecule has 0 saturated heterocycles. The molecule has 7 heteroatoms. The summed E-state index contributed by atoms with van der Waals surface area (Å²) in [6, 6.07) is 10.1. The van der Waals surface area contributed by atoms with Gasteiger partial charge in [-0.05, 0) is 41.1 Å². The minimum Gasteiger partial charge on any atom is -0.339 e. The number of nitrogens with zero attached hydrogens (tertiary/aromatic N) is 5. The maximum absolute atomic E-state index is 12.4. The fourth-order valence-electron chi connectivity index (χ4n) is 2.43. The summed E-state index contributed by atoms with van der Waals surface area (Å²) in [6.45, 7) is 4.85. The fraction of sp³-hybridized carbons (Fsp3) is 0.333. The van der Waals surface area contributed by atoms with Crippen molar-refractivity contribution in [3.8, 4) is 11.4 Å². The van der Waals surface area contributed by atoms with E-state index in [1.54, 1.807) is 23.3 Å². The van der Waals surface area contributed by atoms with Gasteiger partial charge in [0.2, 0.25) is 11.7 Å². The van der Waals surface area contributed by atoms with Crippen LogP contribution in [0.15, 0.2) is 35.7 Å². The first-order chi connectivity index (χ1) is 12.1. The van der Waals surface area contributed by atoms with Gasteiger partial charge in [-0.3, -0.25) is 4.79 Å². The minimum atomic E-state index is -0.0434. The number of aromatic nitrogens is 4. The van der Waals surface area contributed by atoms with Crippen LogP contribution in [0.3, 0.4) is 0 Å². The molecule has 0 aliphatic carbocycles. The van der Waals surface area contributed by atoms with Crippen molar-refractivity contribution in [2.75, 3.05) is 7.05 Å². The minimum absolute atomic E-state index is 0.0434. The predicted molar refractivity (Wildman–Crippen MR) is 98.2 cm³/mol. The SMILES string of the molecule is CCc1ccc(-c2nnn(CC(=O)N(C)Cc3sccc3C)n2)cc1. The highest BCUT2D eigenvalue weighted by molar-refractivity contribution is 7.10. The first kappa shape index (κ1) is 17.3. The van der Waals surface area contributed by atoms with E-state index in [9.17, 15) is 4.79 Å². The molecule has 1 amide bonds. The normalized spacial score (nSPS) is 10.8. The Morgan fingerprint density at radius 2 is 2.00 bits per heavy atom. The van der Waals surface area contributed by atoms with E-state index in [2.05, 4.69) is 47.5 Å². The van der Waals surface area contributed by atoms with E-state index in [1.807, 2.05) is 17.5 Å². The highest BCUT2D eigenvalue weighted by Gasteiger charge is 2.14. The molecule has 0 aliphatic heterocycles. The largest absolute Gasteiger partial charge is 0.339 e. The van der Waals surface area contributed by atoms with Gasteiger partial charge in [-0.25, -0.2) is 0 Å². The Bertz CT molecular complexity index is 852. The molecule has 130 valence electrons. The number of hydrogen-bond donors (Lipinski definition) is 0. The van der Waals surface area contributed by atoms with Crippen LogP contribution in [0.4, 0.5) is 0 Å². The van der Waals surface area contributed by atoms with Gasteiger partial charge in [-0.15, -0.1) is 21.5 Å². The van der Waals surface area contributed by atoms with Gasteiger partial charge in [0.1, 0.15) is 6.54 Å². The van der Waals surface area contributed by atoms with Gasteiger partial charge >= 0.3 is 0 Å². The maximum Gasteiger partial charge on any atom is 0.246 e. The third kappa shape index (κ3) is 4.11. The number of amides is 1. The zero-order valence-corrected chi connectivity index (χ0v) is 15.5. The van der Waals surface area contributed by atoms with Gasteiger partial charge in [-0.1, -0.05) is 31.2 Å². The fourth-order valence-corrected chi connectivity index (χ4v) is 3.39. The van der Waals surface area contributed by atoms with Crippen LogP contribution in [-0.2, 0) is 24.3 Å². The van der Waals surface area contributed by atoms with Gasteiger partial charge in [0.05, 0.1) is 6.54 Å². The van der Waals surface area contributed by atoms with Crippen LogP contribution >= 0.6 is 11.3 Å². The molecule has 3 aromatic rings. The number of benzene rings is 1. The Labute approximate surface area is 151 Å². The topological polar surface area (TPSA) is 63.9 Å². The van der Waals surface area contributed by atoms with Crippen molar-refractivity contribution in [2.24, 2.45) is 0 Å². The second-order valence-electron chi connectivity index (χ2n) is 5.97. The molecule has 0 radical (unpaired) electrons. The van der Waals surface area contributed by atoms with Crippen LogP contribution in [-0.4, -0.2) is 38.1 Å². The number of tetrazole rings is 1. The zero-order chi connectivity index (χ0) is 17.8. The van der Waals surface area contributed by atoms with Crippen molar-refractivity contribution >= 4 is 17.2 Å². The van der Waals surface area contributed by atoms with E-state index in [1.165, 1.54) is 20.8 Å². The summed E-state index contributed by atoms with van der Waals surface area (Å²) >= 11 is 1.66. The highest BCUT2D eigenvalue weighted by Crippen LogP contribution is 2.17. The molecule has 1 aromatic carbocycles. The van der Waals surface area contributed by atoms with E-state index >= 15 is 0 Å². The third-order valence-corrected chi connectivity index (χ3v) is 5.13. The number of hydrogen-bond acceptors (Lipinski definition) is 5. The smallest absolute Gasteiger partial charge is 0.246 e. The molecule has 25 heavy (non-hydrogen) atoms. The van der Waals surface area contributed by atoms with E-state index in [0.717, 1.165) is 12.0 Å². The second-order valence-corrected chi connectivity index (χ2v) is 6.97. The first-order valence-corrected chi connectivity index (χ1v) is 9.09. The predicted octanol–water partition coefficient (Wildman–Crippen LogP) is 2.93. The summed E-state index contributed by atoms with van der Waals surface area (Å²) in [7, 11) is 1.79. The van der Waals surface area contributed by atoms with Gasteiger partial charge < -0.3 is 4.90 Å². The van der Waals surface area contributed by atoms with Crippen molar-refractivity contribution in [2.45, 2.75) is 33.4 Å². The summed E-state index contributed by atoms with van der Waals surface area (Å²) in [5, 5.41) is 14.4. The zero-order valence-electron chi connectivity index (χ0n) is 14.6. The number of rotatable bonds is 6. The lowest BCUT2D eigenvalue weighted by Gasteiger charge is -2.16. The average molecular weight is 355 g/mol. The van der Waals surface area contributed by atoms with Gasteiger partial charge in [0.15, 0.2) is 0 Å². The maximum atomic E-state index is 12.4. The molecule has 0 fully saturated rings. The number of aryl methyl sites for hydroxylation is 2. The van der Waals surface area contributed by atoms with Gasteiger partial charge in [0, 0.05) is 17.5 Å². The molecule has 0 N–H and O–H groups in total. The van der Waals surface area contributed by atoms with Crippen molar-refractivity contribution in [3.63, 3.8) is 0 Å². The lowest BCUT2D eigenvalue weighted by atomic mass is 10.1. The Morgan fingerprint density at radius 3 is 2.64 bits per heavy atom. The third-order valence-electron chi connectivity index (χ3n) is 4.12. The second kappa shape index (κ2) is 7.57. The number of likely N-dealkylation sites (N-methyl/N-ethyl adjacent to an activating group) is 1. The van der Waals surface area contributed by atoms with E-state index in [4.69, 9.17) is 0 Å². The number of carbonyl (C=O) groups is 1. The van der Waals surface area contributed by atoms with E-state index in [0.29, 0.717) is 12.4 Å². The molecule has 2 heterocycles. The molecule has 3 rings (SSSR count). The number of thiophene rings is 1. The van der Waals surface area contributed by atoms with Crippen molar-refractivity contribution in [3.05, 3.63) is 51.7 Å². The molecule has 6 nitrogen and oxygen atoms in total. The molecule has 0 unspecified atom stereocenters. The summed E-state index contributed by atoms with van der Waals surface area (Å²) in [6.07, 6.45) is 0.991. The monoisotopic (exact) mass is 355 g/mol. The van der Waals surface area contributed by atoms with Crippen molar-refractivity contribution < 1.29 is 4.79 Å². The average Bonchev–Trinajstić information content (AvgIpc) is 3.24. The molecule has 0 spiro atoms. The van der Waals surface area contributed by atoms with Crippen LogP contribution in [0.25, 0.3) is 11.4 Å². The molecule has 0 bridgehead atoms. The van der Waals surface area contributed by atoms with Crippen LogP contribution in [0, 0.1) is 6.92 Å². The lowest BCUT2D eigenvalue weighted by molar-refractivity contribution is -0.131. The molecular weight excluding hydrogens is 334 g/mol. The van der Waals surface area contributed by atoms with Crippen LogP contribution in [0.2, 0.25) is 0 Å². The molecule has 0 aliphatic rings. The van der Waals surface area contributed by atoms with Crippen LogP contribution in [0.5, 0.6) is 0 Å². The quantitative estimate of drug-likeness (QED) is 0.682. The molecule has 0 saturated carbocycles. The molecular formula is C18H21N5OS. The molecule has 0 atom stereocenters. The van der Waals surface area contributed by atoms with E-state index in [-0.39, 0.29) is 12.5 Å². The summed E-state index contributed by atoms with van der Waals surface area (Å²) in [5.41, 5.74) is 3.37. The lowest BCUT2D eigenvalue weighted by Crippen LogP contribution is -2.30. The Hall–Kier alpha value is -2.54. The Morgan fingerprint density at radius 1 is 1.24 bits per heavy atom. The standard InChI is InChI=1S/C18H21N5OS/c1-4-14-5-7-15(8-6-14)18-19-21-23(20-18)12-17(24)22(3)11-16-13(2)9-10-25-16/h5-10H,4,11-12H2,1-3H3. The summed E-state index contributed by atoms with van der Waals surface area (Å²) in [4.78, 5) is 16.6. The summed E-state index contributed by atoms with van der Waals surface area (Å²) in [5.74, 6) is 0.491. The Kier molecular flexibility index (Phi) is 5.23. The first-order valence-electron chi connectivity index (χ1n) is 8.21. The summed E-state index contributed by atoms with van der Waals surface area (Å²) < 4.78 is 0.